The second-order valence-corrected chi connectivity index (χ2v) is 5.84. The van der Waals surface area contributed by atoms with Gasteiger partial charge < -0.3 is 20.5 Å². The molecule has 2 aromatic carbocycles. The smallest absolute Gasteiger partial charge is 0.325 e. The molecular weight excluding hydrogens is 360 g/mol. The second-order valence-electron chi connectivity index (χ2n) is 5.84. The lowest BCUT2D eigenvalue weighted by molar-refractivity contribution is -0.143. The van der Waals surface area contributed by atoms with Gasteiger partial charge in [0.2, 0.25) is 0 Å². The predicted octanol–water partition coefficient (Wildman–Crippen LogP) is 2.08. The van der Waals surface area contributed by atoms with Crippen molar-refractivity contribution in [1.29, 1.82) is 0 Å². The monoisotopic (exact) mass is 380 g/mol. The van der Waals surface area contributed by atoms with Crippen LogP contribution in [-0.4, -0.2) is 35.0 Å². The first kappa shape index (κ1) is 19.1. The third-order valence-corrected chi connectivity index (χ3v) is 3.86. The average molecular weight is 380 g/mol. The Labute approximate surface area is 161 Å². The highest BCUT2D eigenvalue weighted by molar-refractivity contribution is 5.96. The lowest BCUT2D eigenvalue weighted by atomic mass is 10.2. The fourth-order valence-electron chi connectivity index (χ4n) is 2.54. The molecule has 0 atom stereocenters. The third kappa shape index (κ3) is 4.73. The molecule has 0 aliphatic carbocycles. The van der Waals surface area contributed by atoms with E-state index < -0.39 is 5.97 Å². The van der Waals surface area contributed by atoms with Crippen LogP contribution in [0.5, 0.6) is 5.75 Å². The largest absolute Gasteiger partial charge is 0.494 e. The molecule has 8 heteroatoms. The number of anilines is 1. The van der Waals surface area contributed by atoms with Crippen LogP contribution in [0.4, 0.5) is 5.82 Å². The topological polar surface area (TPSA) is 116 Å². The lowest BCUT2D eigenvalue weighted by Crippen LogP contribution is -2.30. The van der Waals surface area contributed by atoms with Gasteiger partial charge in [-0.25, -0.2) is 9.97 Å². The van der Waals surface area contributed by atoms with E-state index >= 15 is 0 Å². The molecule has 1 aromatic heterocycles. The van der Waals surface area contributed by atoms with E-state index in [1.54, 1.807) is 30.3 Å². The molecule has 0 radical (unpaired) electrons. The van der Waals surface area contributed by atoms with E-state index in [0.717, 1.165) is 5.39 Å². The van der Waals surface area contributed by atoms with Crippen molar-refractivity contribution in [1.82, 2.24) is 15.3 Å². The van der Waals surface area contributed by atoms with Gasteiger partial charge in [0, 0.05) is 10.9 Å². The van der Waals surface area contributed by atoms with E-state index in [9.17, 15) is 9.59 Å². The molecule has 0 bridgehead atoms. The number of rotatable bonds is 7. The Morgan fingerprint density at radius 2 is 1.82 bits per heavy atom. The van der Waals surface area contributed by atoms with Crippen LogP contribution in [-0.2, 0) is 16.1 Å². The van der Waals surface area contributed by atoms with Crippen molar-refractivity contribution in [3.63, 3.8) is 0 Å². The third-order valence-electron chi connectivity index (χ3n) is 3.86. The van der Waals surface area contributed by atoms with E-state index in [1.807, 2.05) is 25.1 Å². The number of para-hydroxylation sites is 1. The molecule has 0 aliphatic rings. The van der Waals surface area contributed by atoms with Crippen molar-refractivity contribution in [3.8, 4) is 5.75 Å². The van der Waals surface area contributed by atoms with Gasteiger partial charge in [0.1, 0.15) is 18.1 Å². The zero-order valence-corrected chi connectivity index (χ0v) is 15.3. The Bertz CT molecular complexity index is 989. The number of hydrogen-bond acceptors (Lipinski definition) is 7. The second kappa shape index (κ2) is 8.81. The molecule has 0 spiro atoms. The van der Waals surface area contributed by atoms with Crippen LogP contribution in [0.1, 0.15) is 23.1 Å². The van der Waals surface area contributed by atoms with E-state index in [4.69, 9.17) is 15.2 Å². The van der Waals surface area contributed by atoms with Gasteiger partial charge in [0.15, 0.2) is 12.4 Å². The maximum absolute atomic E-state index is 12.1. The first-order valence-corrected chi connectivity index (χ1v) is 8.74. The normalized spacial score (nSPS) is 10.5. The molecule has 28 heavy (non-hydrogen) atoms. The van der Waals surface area contributed by atoms with E-state index in [2.05, 4.69) is 15.3 Å². The molecule has 144 valence electrons. The highest BCUT2D eigenvalue weighted by Crippen LogP contribution is 2.17. The van der Waals surface area contributed by atoms with E-state index in [1.165, 1.54) is 0 Å². The highest BCUT2D eigenvalue weighted by atomic mass is 16.5. The van der Waals surface area contributed by atoms with Crippen LogP contribution in [0.3, 0.4) is 0 Å². The first-order chi connectivity index (χ1) is 13.6. The number of hydrogen-bond donors (Lipinski definition) is 2. The molecule has 1 heterocycles. The molecule has 3 N–H and O–H groups in total. The summed E-state index contributed by atoms with van der Waals surface area (Å²) < 4.78 is 10.4. The summed E-state index contributed by atoms with van der Waals surface area (Å²) in [6, 6.07) is 13.9. The predicted molar refractivity (Wildman–Crippen MR) is 104 cm³/mol. The van der Waals surface area contributed by atoms with Crippen molar-refractivity contribution >= 4 is 28.6 Å². The van der Waals surface area contributed by atoms with Crippen molar-refractivity contribution in [2.24, 2.45) is 0 Å². The van der Waals surface area contributed by atoms with Crippen LogP contribution in [0.2, 0.25) is 0 Å². The maximum atomic E-state index is 12.1. The number of nitrogen functional groups attached to an aromatic ring is 1. The summed E-state index contributed by atoms with van der Waals surface area (Å²) >= 11 is 0. The van der Waals surface area contributed by atoms with Crippen LogP contribution < -0.4 is 15.8 Å². The summed E-state index contributed by atoms with van der Waals surface area (Å²) in [5.41, 5.74) is 6.99. The quantitative estimate of drug-likeness (QED) is 0.603. The number of nitrogens with one attached hydrogen (secondary N) is 1. The Balaban J connectivity index is 1.51. The summed E-state index contributed by atoms with van der Waals surface area (Å²) in [6.45, 7) is 2.02. The number of amides is 1. The number of carbonyl (C=O) groups is 2. The Kier molecular flexibility index (Phi) is 6.01. The van der Waals surface area contributed by atoms with Gasteiger partial charge in [-0.3, -0.25) is 9.59 Å². The van der Waals surface area contributed by atoms with Crippen LogP contribution in [0.15, 0.2) is 48.5 Å². The fourth-order valence-corrected chi connectivity index (χ4v) is 2.54. The molecule has 0 saturated carbocycles. The number of benzene rings is 2. The fraction of sp³-hybridized carbons (Fsp3) is 0.200. The molecule has 3 rings (SSSR count). The molecule has 8 nitrogen and oxygen atoms in total. The molecule has 0 aliphatic heterocycles. The van der Waals surface area contributed by atoms with Gasteiger partial charge in [-0.05, 0) is 43.3 Å². The first-order valence-electron chi connectivity index (χ1n) is 8.74. The summed E-state index contributed by atoms with van der Waals surface area (Å²) in [5, 5.41) is 3.24. The standard InChI is InChI=1S/C20H20N4O4/c1-2-27-14-9-7-13(8-10-14)20(26)22-11-18(25)28-12-17-23-16-6-4-3-5-15(16)19(21)24-17/h3-10H,2,11-12H2,1H3,(H,22,26)(H2,21,23,24). The Hall–Kier alpha value is -3.68. The van der Waals surface area contributed by atoms with Crippen molar-refractivity contribution in [2.45, 2.75) is 13.5 Å². The number of fused-ring (bicyclic) bond motifs is 1. The van der Waals surface area contributed by atoms with Crippen molar-refractivity contribution in [2.75, 3.05) is 18.9 Å². The zero-order valence-electron chi connectivity index (χ0n) is 15.3. The van der Waals surface area contributed by atoms with Crippen LogP contribution in [0.25, 0.3) is 10.9 Å². The summed E-state index contributed by atoms with van der Waals surface area (Å²) in [6.07, 6.45) is 0. The minimum Gasteiger partial charge on any atom is -0.494 e. The van der Waals surface area contributed by atoms with Gasteiger partial charge in [-0.15, -0.1) is 0 Å². The molecule has 0 unspecified atom stereocenters. The summed E-state index contributed by atoms with van der Waals surface area (Å²) in [7, 11) is 0. The Morgan fingerprint density at radius 3 is 2.57 bits per heavy atom. The number of ether oxygens (including phenoxy) is 2. The molecule has 0 saturated heterocycles. The maximum Gasteiger partial charge on any atom is 0.325 e. The SMILES string of the molecule is CCOc1ccc(C(=O)NCC(=O)OCc2nc(N)c3ccccc3n2)cc1. The molecule has 0 fully saturated rings. The van der Waals surface area contributed by atoms with Gasteiger partial charge in [0.05, 0.1) is 12.1 Å². The van der Waals surface area contributed by atoms with Gasteiger partial charge in [-0.2, -0.15) is 0 Å². The molecule has 3 aromatic rings. The average Bonchev–Trinajstić information content (AvgIpc) is 2.71. The van der Waals surface area contributed by atoms with Crippen LogP contribution >= 0.6 is 0 Å². The lowest BCUT2D eigenvalue weighted by Gasteiger charge is -2.08. The Morgan fingerprint density at radius 1 is 1.07 bits per heavy atom. The van der Waals surface area contributed by atoms with Gasteiger partial charge in [-0.1, -0.05) is 12.1 Å². The number of nitrogens with zero attached hydrogens (tertiary/aromatic N) is 2. The van der Waals surface area contributed by atoms with E-state index in [0.29, 0.717) is 35.1 Å². The molecule has 1 amide bonds. The number of esters is 1. The summed E-state index contributed by atoms with van der Waals surface area (Å²) in [4.78, 5) is 32.4. The minimum absolute atomic E-state index is 0.132. The summed E-state index contributed by atoms with van der Waals surface area (Å²) in [5.74, 6) is 0.303. The highest BCUT2D eigenvalue weighted by Gasteiger charge is 2.11. The minimum atomic E-state index is -0.602. The number of carbonyl (C=O) groups excluding carboxylic acids is 2. The van der Waals surface area contributed by atoms with Gasteiger partial charge >= 0.3 is 5.97 Å². The van der Waals surface area contributed by atoms with E-state index in [-0.39, 0.29) is 19.1 Å². The van der Waals surface area contributed by atoms with Crippen molar-refractivity contribution < 1.29 is 19.1 Å². The molecular formula is C20H20N4O4. The van der Waals surface area contributed by atoms with Gasteiger partial charge in [0.25, 0.3) is 5.91 Å². The zero-order chi connectivity index (χ0) is 19.9. The number of aromatic nitrogens is 2. The number of nitrogens with two attached hydrogens (primary N) is 1. The van der Waals surface area contributed by atoms with Crippen LogP contribution in [0, 0.1) is 0 Å². The van der Waals surface area contributed by atoms with Crippen molar-refractivity contribution in [3.05, 3.63) is 59.9 Å².